The molecule has 0 amide bonds. The van der Waals surface area contributed by atoms with Crippen LogP contribution in [0.3, 0.4) is 0 Å². The van der Waals surface area contributed by atoms with E-state index in [9.17, 15) is 4.79 Å². The first-order chi connectivity index (χ1) is 6.79. The zero-order chi connectivity index (χ0) is 9.97. The molecule has 4 heteroatoms. The molecule has 0 radical (unpaired) electrons. The molecule has 2 unspecified atom stereocenters. The van der Waals surface area contributed by atoms with E-state index in [0.717, 1.165) is 39.0 Å². The lowest BCUT2D eigenvalue weighted by Gasteiger charge is -2.40. The lowest BCUT2D eigenvalue weighted by atomic mass is 9.91. The number of carboxylic acid groups (broad SMARTS) is 1. The molecule has 0 aromatic rings. The van der Waals surface area contributed by atoms with Gasteiger partial charge in [0.15, 0.2) is 0 Å². The molecule has 0 bridgehead atoms. The van der Waals surface area contributed by atoms with Crippen molar-refractivity contribution in [3.8, 4) is 0 Å². The van der Waals surface area contributed by atoms with E-state index < -0.39 is 5.97 Å². The van der Waals surface area contributed by atoms with Gasteiger partial charge in [0.2, 0.25) is 0 Å². The fourth-order valence-corrected chi connectivity index (χ4v) is 2.29. The molecular formula is C10H17NO3. The van der Waals surface area contributed by atoms with Crippen LogP contribution in [0.5, 0.6) is 0 Å². The normalized spacial score (nSPS) is 30.7. The Morgan fingerprint density at radius 2 is 2.21 bits per heavy atom. The summed E-state index contributed by atoms with van der Waals surface area (Å²) in [5.41, 5.74) is 0. The number of nitrogens with zero attached hydrogens (tertiary/aromatic N) is 1. The number of ether oxygens (including phenoxy) is 1. The van der Waals surface area contributed by atoms with Crippen LogP contribution < -0.4 is 0 Å². The highest BCUT2D eigenvalue weighted by molar-refractivity contribution is 5.74. The van der Waals surface area contributed by atoms with E-state index in [0.29, 0.717) is 6.61 Å². The average Bonchev–Trinajstić information content (AvgIpc) is 2.12. The van der Waals surface area contributed by atoms with Crippen LogP contribution in [0.4, 0.5) is 0 Å². The Morgan fingerprint density at radius 1 is 1.43 bits per heavy atom. The van der Waals surface area contributed by atoms with Gasteiger partial charge in [-0.05, 0) is 19.3 Å². The Balaban J connectivity index is 1.97. The van der Waals surface area contributed by atoms with Crippen LogP contribution in [0.15, 0.2) is 0 Å². The summed E-state index contributed by atoms with van der Waals surface area (Å²) in [5, 5.41) is 9.16. The molecule has 2 saturated heterocycles. The van der Waals surface area contributed by atoms with E-state index >= 15 is 0 Å². The predicted molar refractivity (Wildman–Crippen MR) is 51.2 cm³/mol. The minimum Gasteiger partial charge on any atom is -0.480 e. The Bertz CT molecular complexity index is 209. The van der Waals surface area contributed by atoms with E-state index in [4.69, 9.17) is 9.84 Å². The Hall–Kier alpha value is -0.610. The van der Waals surface area contributed by atoms with Gasteiger partial charge in [0.1, 0.15) is 6.04 Å². The Labute approximate surface area is 83.8 Å². The smallest absolute Gasteiger partial charge is 0.321 e. The first-order valence-electron chi connectivity index (χ1n) is 5.33. The zero-order valence-electron chi connectivity index (χ0n) is 8.32. The molecule has 14 heavy (non-hydrogen) atoms. The Morgan fingerprint density at radius 3 is 2.64 bits per heavy atom. The second-order valence-corrected chi connectivity index (χ2v) is 4.15. The molecule has 0 aliphatic carbocycles. The standard InChI is InChI=1S/C10H17NO3/c12-10(13)9(11-4-2-5-11)8-3-1-6-14-7-8/h8-9H,1-7H2,(H,12,13). The van der Waals surface area contributed by atoms with Gasteiger partial charge in [0.05, 0.1) is 6.61 Å². The van der Waals surface area contributed by atoms with Gasteiger partial charge in [0.25, 0.3) is 0 Å². The molecule has 0 spiro atoms. The first kappa shape index (κ1) is 9.93. The molecule has 4 nitrogen and oxygen atoms in total. The SMILES string of the molecule is O=C(O)C(C1CCCOC1)N1CCC1. The maximum atomic E-state index is 11.1. The highest BCUT2D eigenvalue weighted by atomic mass is 16.5. The molecule has 0 aromatic heterocycles. The quantitative estimate of drug-likeness (QED) is 0.722. The monoisotopic (exact) mass is 199 g/mol. The molecule has 2 rings (SSSR count). The van der Waals surface area contributed by atoms with Gasteiger partial charge in [-0.1, -0.05) is 0 Å². The zero-order valence-corrected chi connectivity index (χ0v) is 8.32. The largest absolute Gasteiger partial charge is 0.480 e. The molecule has 0 saturated carbocycles. The van der Waals surface area contributed by atoms with E-state index in [1.807, 2.05) is 0 Å². The second-order valence-electron chi connectivity index (χ2n) is 4.15. The van der Waals surface area contributed by atoms with Crippen molar-refractivity contribution in [1.29, 1.82) is 0 Å². The molecule has 0 aromatic carbocycles. The van der Waals surface area contributed by atoms with Crippen LogP contribution in [-0.4, -0.2) is 48.3 Å². The molecular weight excluding hydrogens is 182 g/mol. The van der Waals surface area contributed by atoms with Crippen molar-refractivity contribution in [1.82, 2.24) is 4.90 Å². The van der Waals surface area contributed by atoms with Crippen molar-refractivity contribution >= 4 is 5.97 Å². The summed E-state index contributed by atoms with van der Waals surface area (Å²) in [6.07, 6.45) is 3.13. The number of hydrogen-bond donors (Lipinski definition) is 1. The molecule has 2 atom stereocenters. The Kier molecular flexibility index (Phi) is 3.03. The highest BCUT2D eigenvalue weighted by Crippen LogP contribution is 2.25. The average molecular weight is 199 g/mol. The first-order valence-corrected chi connectivity index (χ1v) is 5.33. The molecule has 80 valence electrons. The van der Waals surface area contributed by atoms with Crippen LogP contribution in [0.2, 0.25) is 0 Å². The number of rotatable bonds is 3. The summed E-state index contributed by atoms with van der Waals surface area (Å²) >= 11 is 0. The van der Waals surface area contributed by atoms with Gasteiger partial charge < -0.3 is 9.84 Å². The number of hydrogen-bond acceptors (Lipinski definition) is 3. The van der Waals surface area contributed by atoms with Crippen LogP contribution >= 0.6 is 0 Å². The van der Waals surface area contributed by atoms with Gasteiger partial charge in [-0.2, -0.15) is 0 Å². The van der Waals surface area contributed by atoms with Gasteiger partial charge in [0, 0.05) is 25.6 Å². The van der Waals surface area contributed by atoms with Gasteiger partial charge in [-0.15, -0.1) is 0 Å². The minimum absolute atomic E-state index is 0.196. The van der Waals surface area contributed by atoms with Crippen molar-refractivity contribution in [2.24, 2.45) is 5.92 Å². The molecule has 1 N–H and O–H groups in total. The maximum Gasteiger partial charge on any atom is 0.321 e. The van der Waals surface area contributed by atoms with E-state index in [1.54, 1.807) is 0 Å². The molecule has 2 fully saturated rings. The van der Waals surface area contributed by atoms with E-state index in [1.165, 1.54) is 0 Å². The van der Waals surface area contributed by atoms with E-state index in [2.05, 4.69) is 4.90 Å². The molecule has 2 aliphatic rings. The van der Waals surface area contributed by atoms with Gasteiger partial charge in [-0.3, -0.25) is 9.69 Å². The number of aliphatic carboxylic acids is 1. The fourth-order valence-electron chi connectivity index (χ4n) is 2.29. The summed E-state index contributed by atoms with van der Waals surface area (Å²) in [6, 6.07) is -0.302. The third-order valence-corrected chi connectivity index (χ3v) is 3.18. The second kappa shape index (κ2) is 4.28. The van der Waals surface area contributed by atoms with Crippen molar-refractivity contribution in [3.63, 3.8) is 0 Å². The van der Waals surface area contributed by atoms with Crippen molar-refractivity contribution < 1.29 is 14.6 Å². The third-order valence-electron chi connectivity index (χ3n) is 3.18. The summed E-state index contributed by atoms with van der Waals surface area (Å²) in [7, 11) is 0. The lowest BCUT2D eigenvalue weighted by molar-refractivity contribution is -0.150. The summed E-state index contributed by atoms with van der Waals surface area (Å²) in [5.74, 6) is -0.484. The van der Waals surface area contributed by atoms with Crippen LogP contribution in [-0.2, 0) is 9.53 Å². The number of likely N-dealkylation sites (tertiary alicyclic amines) is 1. The van der Waals surface area contributed by atoms with Crippen molar-refractivity contribution in [2.75, 3.05) is 26.3 Å². The third kappa shape index (κ3) is 1.91. The molecule has 2 heterocycles. The van der Waals surface area contributed by atoms with Crippen LogP contribution in [0, 0.1) is 5.92 Å². The van der Waals surface area contributed by atoms with E-state index in [-0.39, 0.29) is 12.0 Å². The van der Waals surface area contributed by atoms with Crippen LogP contribution in [0.1, 0.15) is 19.3 Å². The summed E-state index contributed by atoms with van der Waals surface area (Å²) in [6.45, 7) is 3.29. The highest BCUT2D eigenvalue weighted by Gasteiger charge is 2.37. The summed E-state index contributed by atoms with van der Waals surface area (Å²) in [4.78, 5) is 13.2. The van der Waals surface area contributed by atoms with Crippen molar-refractivity contribution in [3.05, 3.63) is 0 Å². The lowest BCUT2D eigenvalue weighted by Crippen LogP contribution is -2.54. The van der Waals surface area contributed by atoms with Crippen LogP contribution in [0.25, 0.3) is 0 Å². The van der Waals surface area contributed by atoms with Crippen molar-refractivity contribution in [2.45, 2.75) is 25.3 Å². The fraction of sp³-hybridized carbons (Fsp3) is 0.900. The topological polar surface area (TPSA) is 49.8 Å². The van der Waals surface area contributed by atoms with Gasteiger partial charge in [-0.25, -0.2) is 0 Å². The van der Waals surface area contributed by atoms with Gasteiger partial charge >= 0.3 is 5.97 Å². The predicted octanol–water partition coefficient (Wildman–Crippen LogP) is 0.572. The summed E-state index contributed by atoms with van der Waals surface area (Å²) < 4.78 is 5.34. The number of carbonyl (C=O) groups is 1. The number of carboxylic acids is 1. The minimum atomic E-state index is -0.680. The molecule has 2 aliphatic heterocycles. The maximum absolute atomic E-state index is 11.1.